The molecule has 9 heteroatoms. The molecule has 1 N–H and O–H groups in total. The first-order valence-corrected chi connectivity index (χ1v) is 5.75. The number of nitro benzene ring substituents is 2. The summed E-state index contributed by atoms with van der Waals surface area (Å²) >= 11 is 0. The molecule has 21 heavy (non-hydrogen) atoms. The number of hydrogen-bond donors (Lipinski definition) is 1. The van der Waals surface area contributed by atoms with Gasteiger partial charge < -0.3 is 4.42 Å². The molecule has 2 rings (SSSR count). The lowest BCUT2D eigenvalue weighted by Gasteiger charge is -2.01. The number of nitrogens with one attached hydrogen (secondary N) is 1. The second kappa shape index (κ2) is 5.82. The van der Waals surface area contributed by atoms with Crippen LogP contribution in [-0.2, 0) is 0 Å². The Bertz CT molecular complexity index is 722. The summed E-state index contributed by atoms with van der Waals surface area (Å²) in [7, 11) is 0. The Morgan fingerprint density at radius 2 is 1.95 bits per heavy atom. The molecular formula is C12H10N4O5. The predicted octanol–water partition coefficient (Wildman–Crippen LogP) is 2.85. The van der Waals surface area contributed by atoms with E-state index in [1.807, 2.05) is 0 Å². The number of hydrazone groups is 1. The van der Waals surface area contributed by atoms with Crippen LogP contribution in [0.1, 0.15) is 11.5 Å². The average molecular weight is 290 g/mol. The molecule has 0 spiro atoms. The van der Waals surface area contributed by atoms with Crippen LogP contribution < -0.4 is 5.43 Å². The number of non-ortho nitro benzene ring substituents is 1. The highest BCUT2D eigenvalue weighted by molar-refractivity contribution is 5.77. The van der Waals surface area contributed by atoms with Crippen molar-refractivity contribution < 1.29 is 14.3 Å². The standard InChI is InChI=1S/C12H10N4O5/c1-8-2-4-10(21-8)7-13-14-11-5-3-9(15(17)18)6-12(11)16(19)20/h2-7,14H,1H3/b13-7-. The molecule has 0 amide bonds. The van der Waals surface area contributed by atoms with Crippen molar-refractivity contribution >= 4 is 23.3 Å². The van der Waals surface area contributed by atoms with Crippen LogP contribution in [0.25, 0.3) is 0 Å². The van der Waals surface area contributed by atoms with E-state index in [4.69, 9.17) is 4.42 Å². The maximum absolute atomic E-state index is 10.9. The minimum atomic E-state index is -0.720. The molecule has 0 unspecified atom stereocenters. The number of nitrogens with zero attached hydrogens (tertiary/aromatic N) is 3. The van der Waals surface area contributed by atoms with Gasteiger partial charge in [-0.05, 0) is 25.1 Å². The van der Waals surface area contributed by atoms with Crippen molar-refractivity contribution in [3.63, 3.8) is 0 Å². The van der Waals surface area contributed by atoms with Crippen LogP contribution in [-0.4, -0.2) is 16.1 Å². The Balaban J connectivity index is 2.21. The van der Waals surface area contributed by atoms with Crippen LogP contribution in [0.3, 0.4) is 0 Å². The molecule has 0 fully saturated rings. The van der Waals surface area contributed by atoms with Crippen LogP contribution >= 0.6 is 0 Å². The van der Waals surface area contributed by atoms with Crippen molar-refractivity contribution in [2.45, 2.75) is 6.92 Å². The summed E-state index contributed by atoms with van der Waals surface area (Å²) in [6.45, 7) is 1.77. The van der Waals surface area contributed by atoms with E-state index in [-0.39, 0.29) is 11.4 Å². The van der Waals surface area contributed by atoms with Crippen molar-refractivity contribution in [3.8, 4) is 0 Å². The van der Waals surface area contributed by atoms with Gasteiger partial charge in [0.25, 0.3) is 5.69 Å². The van der Waals surface area contributed by atoms with Gasteiger partial charge in [-0.15, -0.1) is 0 Å². The zero-order valence-corrected chi connectivity index (χ0v) is 10.8. The molecule has 9 nitrogen and oxygen atoms in total. The summed E-state index contributed by atoms with van der Waals surface area (Å²) in [6, 6.07) is 6.68. The van der Waals surface area contributed by atoms with Crippen LogP contribution in [0.4, 0.5) is 17.1 Å². The van der Waals surface area contributed by atoms with Crippen LogP contribution in [0, 0.1) is 27.2 Å². The third-order valence-electron chi connectivity index (χ3n) is 2.53. The van der Waals surface area contributed by atoms with Crippen LogP contribution in [0.2, 0.25) is 0 Å². The van der Waals surface area contributed by atoms with Crippen LogP contribution in [0.5, 0.6) is 0 Å². The quantitative estimate of drug-likeness (QED) is 0.513. The first-order valence-electron chi connectivity index (χ1n) is 5.75. The van der Waals surface area contributed by atoms with Gasteiger partial charge in [0.2, 0.25) is 0 Å². The van der Waals surface area contributed by atoms with Crippen molar-refractivity contribution in [2.24, 2.45) is 5.10 Å². The summed E-state index contributed by atoms with van der Waals surface area (Å²) in [5.74, 6) is 1.18. The Hall–Kier alpha value is -3.23. The normalized spacial score (nSPS) is 10.7. The number of aryl methyl sites for hydroxylation is 1. The fourth-order valence-corrected chi connectivity index (χ4v) is 1.57. The van der Waals surface area contributed by atoms with E-state index in [2.05, 4.69) is 10.5 Å². The topological polar surface area (TPSA) is 124 Å². The van der Waals surface area contributed by atoms with Gasteiger partial charge in [0.15, 0.2) is 0 Å². The summed E-state index contributed by atoms with van der Waals surface area (Å²) in [4.78, 5) is 20.1. The Morgan fingerprint density at radius 1 is 1.19 bits per heavy atom. The molecule has 1 heterocycles. The summed E-state index contributed by atoms with van der Waals surface area (Å²) in [5.41, 5.74) is 1.71. The molecule has 0 aliphatic heterocycles. The number of furan rings is 1. The maximum atomic E-state index is 10.9. The fourth-order valence-electron chi connectivity index (χ4n) is 1.57. The molecule has 2 aromatic rings. The molecule has 0 bridgehead atoms. The number of benzene rings is 1. The van der Waals surface area contributed by atoms with Crippen molar-refractivity contribution in [1.82, 2.24) is 0 Å². The minimum Gasteiger partial charge on any atom is -0.460 e. The minimum absolute atomic E-state index is 0.0464. The largest absolute Gasteiger partial charge is 0.460 e. The number of anilines is 1. The highest BCUT2D eigenvalue weighted by Crippen LogP contribution is 2.28. The lowest BCUT2D eigenvalue weighted by atomic mass is 10.2. The van der Waals surface area contributed by atoms with Gasteiger partial charge in [-0.2, -0.15) is 5.10 Å². The van der Waals surface area contributed by atoms with Crippen molar-refractivity contribution in [2.75, 3.05) is 5.43 Å². The molecule has 0 aliphatic carbocycles. The van der Waals surface area contributed by atoms with Gasteiger partial charge >= 0.3 is 5.69 Å². The fraction of sp³-hybridized carbons (Fsp3) is 0.0833. The highest BCUT2D eigenvalue weighted by atomic mass is 16.6. The zero-order chi connectivity index (χ0) is 15.4. The van der Waals surface area contributed by atoms with Gasteiger partial charge in [0.05, 0.1) is 22.1 Å². The summed E-state index contributed by atoms with van der Waals surface area (Å²) in [5, 5.41) is 25.3. The number of rotatable bonds is 5. The second-order valence-corrected chi connectivity index (χ2v) is 4.03. The molecule has 0 radical (unpaired) electrons. The second-order valence-electron chi connectivity index (χ2n) is 4.03. The Morgan fingerprint density at radius 3 is 2.52 bits per heavy atom. The molecule has 0 saturated carbocycles. The SMILES string of the molecule is Cc1ccc(/C=N\Nc2ccc([N+](=O)[O-])cc2[N+](=O)[O-])o1. The molecule has 1 aromatic heterocycles. The van der Waals surface area contributed by atoms with Crippen LogP contribution in [0.15, 0.2) is 39.9 Å². The third kappa shape index (κ3) is 3.41. The van der Waals surface area contributed by atoms with Gasteiger partial charge in [0, 0.05) is 6.07 Å². The van der Waals surface area contributed by atoms with E-state index >= 15 is 0 Å². The summed E-state index contributed by atoms with van der Waals surface area (Å²) < 4.78 is 5.24. The predicted molar refractivity (Wildman–Crippen MR) is 74.4 cm³/mol. The van der Waals surface area contributed by atoms with E-state index in [0.29, 0.717) is 11.5 Å². The molecule has 0 atom stereocenters. The van der Waals surface area contributed by atoms with Gasteiger partial charge in [-0.1, -0.05) is 0 Å². The van der Waals surface area contributed by atoms with E-state index in [0.717, 1.165) is 12.1 Å². The van der Waals surface area contributed by atoms with E-state index in [1.54, 1.807) is 19.1 Å². The number of hydrogen-bond acceptors (Lipinski definition) is 7. The molecule has 1 aromatic carbocycles. The Kier molecular flexibility index (Phi) is 3.93. The van der Waals surface area contributed by atoms with E-state index < -0.39 is 15.5 Å². The Labute approximate surface area is 118 Å². The monoisotopic (exact) mass is 290 g/mol. The van der Waals surface area contributed by atoms with Gasteiger partial charge in [-0.25, -0.2) is 0 Å². The average Bonchev–Trinajstić information content (AvgIpc) is 2.84. The first kappa shape index (κ1) is 14.2. The maximum Gasteiger partial charge on any atom is 0.301 e. The lowest BCUT2D eigenvalue weighted by molar-refractivity contribution is -0.393. The van der Waals surface area contributed by atoms with Crippen molar-refractivity contribution in [3.05, 3.63) is 62.1 Å². The summed E-state index contributed by atoms with van der Waals surface area (Å²) in [6.07, 6.45) is 1.35. The van der Waals surface area contributed by atoms with E-state index in [1.165, 1.54) is 12.3 Å². The highest BCUT2D eigenvalue weighted by Gasteiger charge is 2.19. The molecule has 0 aliphatic rings. The lowest BCUT2D eigenvalue weighted by Crippen LogP contribution is -1.98. The molecular weight excluding hydrogens is 280 g/mol. The smallest absolute Gasteiger partial charge is 0.301 e. The van der Waals surface area contributed by atoms with Crippen molar-refractivity contribution in [1.29, 1.82) is 0 Å². The van der Waals surface area contributed by atoms with Gasteiger partial charge in [0.1, 0.15) is 17.2 Å². The molecule has 108 valence electrons. The van der Waals surface area contributed by atoms with Gasteiger partial charge in [-0.3, -0.25) is 25.7 Å². The number of nitro groups is 2. The zero-order valence-electron chi connectivity index (χ0n) is 10.8. The molecule has 0 saturated heterocycles. The third-order valence-corrected chi connectivity index (χ3v) is 2.53. The first-order chi connectivity index (χ1) is 9.97. The van der Waals surface area contributed by atoms with E-state index in [9.17, 15) is 20.2 Å².